The summed E-state index contributed by atoms with van der Waals surface area (Å²) >= 11 is 0. The Balaban J connectivity index is 0. The van der Waals surface area contributed by atoms with Gasteiger partial charge in [0.05, 0.1) is 20.3 Å². The number of carbonyl (C=O) groups excluding carboxylic acids is 3. The van der Waals surface area contributed by atoms with Gasteiger partial charge in [0.15, 0.2) is 0 Å². The molecule has 0 aromatic heterocycles. The van der Waals surface area contributed by atoms with Gasteiger partial charge < -0.3 is 18.9 Å². The highest BCUT2D eigenvalue weighted by Gasteiger charge is 2.24. The first kappa shape index (κ1) is 36.7. The van der Waals surface area contributed by atoms with Gasteiger partial charge in [-0.2, -0.15) is 0 Å². The molecule has 0 radical (unpaired) electrons. The quantitative estimate of drug-likeness (QED) is 0.132. The highest BCUT2D eigenvalue weighted by molar-refractivity contribution is 5.87. The van der Waals surface area contributed by atoms with Crippen molar-refractivity contribution in [3.63, 3.8) is 0 Å². The molecule has 2 atom stereocenters. The molecule has 1 aliphatic heterocycles. The Hall–Kier alpha value is -3.45. The summed E-state index contributed by atoms with van der Waals surface area (Å²) in [6, 6.07) is 10.0. The summed E-state index contributed by atoms with van der Waals surface area (Å²) in [6.07, 6.45) is 7.83. The van der Waals surface area contributed by atoms with Gasteiger partial charge in [0.2, 0.25) is 0 Å². The van der Waals surface area contributed by atoms with Crippen LogP contribution in [0.25, 0.3) is 6.08 Å². The zero-order chi connectivity index (χ0) is 29.3. The van der Waals surface area contributed by atoms with Crippen molar-refractivity contribution in [1.29, 1.82) is 0 Å². The van der Waals surface area contributed by atoms with Gasteiger partial charge in [-0.25, -0.2) is 14.4 Å². The van der Waals surface area contributed by atoms with Crippen LogP contribution in [0.2, 0.25) is 0 Å². The molecule has 7 heteroatoms. The highest BCUT2D eigenvalue weighted by atomic mass is 16.6. The molecule has 38 heavy (non-hydrogen) atoms. The van der Waals surface area contributed by atoms with E-state index in [0.717, 1.165) is 12.8 Å². The fraction of sp³-hybridized carbons (Fsp3) is 0.452. The molecule has 0 N–H and O–H groups in total. The van der Waals surface area contributed by atoms with Crippen LogP contribution in [0.3, 0.4) is 0 Å². The van der Waals surface area contributed by atoms with Gasteiger partial charge in [-0.05, 0) is 31.7 Å². The number of carbonyl (C=O) groups is 3. The zero-order valence-corrected chi connectivity index (χ0v) is 23.8. The van der Waals surface area contributed by atoms with Crippen molar-refractivity contribution in [2.75, 3.05) is 26.9 Å². The normalized spacial score (nSPS) is 13.1. The molecule has 1 fully saturated rings. The van der Waals surface area contributed by atoms with Crippen molar-refractivity contribution < 1.29 is 33.3 Å². The minimum Gasteiger partial charge on any atom is -0.466 e. The summed E-state index contributed by atoms with van der Waals surface area (Å²) in [4.78, 5) is 31.7. The Morgan fingerprint density at radius 1 is 1.03 bits per heavy atom. The number of ether oxygens (including phenoxy) is 4. The second-order valence-corrected chi connectivity index (χ2v) is 8.47. The topological polar surface area (TPSA) is 91.4 Å². The van der Waals surface area contributed by atoms with Crippen LogP contribution in [0.4, 0.5) is 0 Å². The molecule has 2 rings (SSSR count). The lowest BCUT2D eigenvalue weighted by Gasteiger charge is -2.13. The van der Waals surface area contributed by atoms with Gasteiger partial charge in [-0.15, -0.1) is 0 Å². The van der Waals surface area contributed by atoms with Crippen LogP contribution in [0.15, 0.2) is 73.9 Å². The first-order chi connectivity index (χ1) is 18.1. The van der Waals surface area contributed by atoms with Gasteiger partial charge in [-0.3, -0.25) is 0 Å². The lowest BCUT2D eigenvalue weighted by atomic mass is 10.0. The molecule has 0 amide bonds. The molecule has 7 nitrogen and oxygen atoms in total. The van der Waals surface area contributed by atoms with Crippen molar-refractivity contribution in [2.45, 2.75) is 59.5 Å². The van der Waals surface area contributed by atoms with E-state index in [9.17, 15) is 14.4 Å². The maximum Gasteiger partial charge on any atom is 0.333 e. The molecule has 0 aliphatic carbocycles. The minimum absolute atomic E-state index is 0.142. The second kappa shape index (κ2) is 23.9. The largest absolute Gasteiger partial charge is 0.466 e. The summed E-state index contributed by atoms with van der Waals surface area (Å²) in [5, 5.41) is 0. The van der Waals surface area contributed by atoms with E-state index in [2.05, 4.69) is 44.9 Å². The van der Waals surface area contributed by atoms with Gasteiger partial charge in [0.25, 0.3) is 0 Å². The average molecular weight is 531 g/mol. The van der Waals surface area contributed by atoms with Crippen molar-refractivity contribution in [3.8, 4) is 0 Å². The molecule has 1 aliphatic rings. The average Bonchev–Trinajstić information content (AvgIpc) is 3.77. The van der Waals surface area contributed by atoms with Crippen LogP contribution in [-0.2, 0) is 33.3 Å². The molecule has 1 aromatic rings. The molecule has 2 unspecified atom stereocenters. The SMILES string of the molecule is C=C(C)C(=O)OC.C=C(C)C(=O)OCC1CO1.C=CC(=O)OCC(CC)CCCC.C=Cc1ccccc1. The van der Waals surface area contributed by atoms with E-state index < -0.39 is 0 Å². The number of unbranched alkanes of at least 4 members (excludes halogenated alkanes) is 1. The maximum atomic E-state index is 10.8. The van der Waals surface area contributed by atoms with Crippen LogP contribution < -0.4 is 0 Å². The second-order valence-electron chi connectivity index (χ2n) is 8.47. The summed E-state index contributed by atoms with van der Waals surface area (Å²) < 4.78 is 18.9. The Labute approximate surface area is 229 Å². The Kier molecular flexibility index (Phi) is 23.1. The van der Waals surface area contributed by atoms with Gasteiger partial charge in [-0.1, -0.05) is 95.8 Å². The van der Waals surface area contributed by atoms with E-state index in [0.29, 0.717) is 36.9 Å². The third kappa shape index (κ3) is 23.0. The predicted molar refractivity (Wildman–Crippen MR) is 153 cm³/mol. The summed E-state index contributed by atoms with van der Waals surface area (Å²) in [5.41, 5.74) is 2.04. The highest BCUT2D eigenvalue weighted by Crippen LogP contribution is 2.12. The lowest BCUT2D eigenvalue weighted by Crippen LogP contribution is -2.12. The predicted octanol–water partition coefficient (Wildman–Crippen LogP) is 6.50. The van der Waals surface area contributed by atoms with Crippen molar-refractivity contribution >= 4 is 24.0 Å². The zero-order valence-electron chi connectivity index (χ0n) is 23.8. The standard InChI is InChI=1S/C11H20O2.C8H8.C7H10O3.C5H8O2/c1-4-7-8-10(5-2)9-13-11(12)6-3;1-2-8-6-4-3-5-7-8;1-5(2)7(8)10-4-6-3-9-6;1-4(2)5(6)7-3/h6,10H,3-5,7-9H2,1-2H3;2-7H,1H2;6H,1,3-4H2,2H3;1H2,2-3H3. The van der Waals surface area contributed by atoms with Crippen LogP contribution in [0.1, 0.15) is 58.9 Å². The first-order valence-electron chi connectivity index (χ1n) is 12.7. The van der Waals surface area contributed by atoms with Crippen LogP contribution in [0, 0.1) is 5.92 Å². The number of epoxide rings is 1. The van der Waals surface area contributed by atoms with Crippen LogP contribution in [0.5, 0.6) is 0 Å². The van der Waals surface area contributed by atoms with E-state index in [1.165, 1.54) is 31.6 Å². The molecule has 1 heterocycles. The first-order valence-corrected chi connectivity index (χ1v) is 12.7. The number of benzene rings is 1. The number of esters is 3. The molecule has 0 saturated carbocycles. The fourth-order valence-corrected chi connectivity index (χ4v) is 2.38. The molecule has 1 saturated heterocycles. The Morgan fingerprint density at radius 2 is 1.61 bits per heavy atom. The Bertz CT molecular complexity index is 854. The summed E-state index contributed by atoms with van der Waals surface area (Å²) in [5.74, 6) is -0.478. The summed E-state index contributed by atoms with van der Waals surface area (Å²) in [6.45, 7) is 22.9. The maximum absolute atomic E-state index is 10.8. The number of rotatable bonds is 12. The fourth-order valence-electron chi connectivity index (χ4n) is 2.38. The van der Waals surface area contributed by atoms with Gasteiger partial charge in [0, 0.05) is 17.2 Å². The number of hydrogen-bond donors (Lipinski definition) is 0. The molecule has 0 spiro atoms. The molecule has 1 aromatic carbocycles. The smallest absolute Gasteiger partial charge is 0.333 e. The van der Waals surface area contributed by atoms with E-state index in [4.69, 9.17) is 14.2 Å². The van der Waals surface area contributed by atoms with Gasteiger partial charge in [0.1, 0.15) is 12.7 Å². The number of methoxy groups -OCH3 is 1. The lowest BCUT2D eigenvalue weighted by molar-refractivity contribution is -0.140. The summed E-state index contributed by atoms with van der Waals surface area (Å²) in [7, 11) is 1.33. The molecular formula is C31H46O7. The molecule has 212 valence electrons. The van der Waals surface area contributed by atoms with E-state index in [1.807, 2.05) is 36.4 Å². The number of hydrogen-bond acceptors (Lipinski definition) is 7. The van der Waals surface area contributed by atoms with Crippen LogP contribution in [-0.4, -0.2) is 50.9 Å². The van der Waals surface area contributed by atoms with Gasteiger partial charge >= 0.3 is 17.9 Å². The van der Waals surface area contributed by atoms with E-state index in [1.54, 1.807) is 13.8 Å². The van der Waals surface area contributed by atoms with E-state index >= 15 is 0 Å². The monoisotopic (exact) mass is 530 g/mol. The third-order valence-electron chi connectivity index (χ3n) is 4.89. The van der Waals surface area contributed by atoms with Crippen molar-refractivity contribution in [2.24, 2.45) is 5.92 Å². The van der Waals surface area contributed by atoms with Crippen molar-refractivity contribution in [3.05, 3.63) is 79.4 Å². The Morgan fingerprint density at radius 3 is 1.95 bits per heavy atom. The van der Waals surface area contributed by atoms with Crippen molar-refractivity contribution in [1.82, 2.24) is 0 Å². The van der Waals surface area contributed by atoms with Crippen LogP contribution >= 0.6 is 0 Å². The minimum atomic E-state index is -0.347. The van der Waals surface area contributed by atoms with E-state index in [-0.39, 0.29) is 24.0 Å². The molecular weight excluding hydrogens is 484 g/mol. The third-order valence-corrected chi connectivity index (χ3v) is 4.89. The molecule has 0 bridgehead atoms.